The summed E-state index contributed by atoms with van der Waals surface area (Å²) in [7, 11) is -4.03. The summed E-state index contributed by atoms with van der Waals surface area (Å²) in [6.45, 7) is 17.1. The van der Waals surface area contributed by atoms with E-state index in [9.17, 15) is 37.2 Å². The molecule has 0 saturated heterocycles. The number of thiazole rings is 1. The maximum Gasteiger partial charge on any atom is 0.475 e. The maximum absolute atomic E-state index is 14.2. The largest absolute Gasteiger partial charge is 0.475 e. The van der Waals surface area contributed by atoms with Crippen LogP contribution in [0.3, 0.4) is 0 Å². The van der Waals surface area contributed by atoms with Crippen molar-refractivity contribution < 1.29 is 50.7 Å². The van der Waals surface area contributed by atoms with Crippen LogP contribution in [0.1, 0.15) is 97.8 Å². The summed E-state index contributed by atoms with van der Waals surface area (Å²) < 4.78 is 78.2. The molecule has 0 aliphatic carbocycles. The van der Waals surface area contributed by atoms with Gasteiger partial charge in [0.1, 0.15) is 16.4 Å². The normalized spacial score (nSPS) is 13.4. The first kappa shape index (κ1) is 46.5. The van der Waals surface area contributed by atoms with Crippen LogP contribution >= 0.6 is 19.2 Å². The van der Waals surface area contributed by atoms with Crippen LogP contribution in [-0.2, 0) is 29.0 Å². The van der Waals surface area contributed by atoms with E-state index in [0.717, 1.165) is 16.7 Å². The molecule has 0 spiro atoms. The predicted molar refractivity (Wildman–Crippen MR) is 216 cm³/mol. The molecule has 0 aliphatic rings. The molecule has 4 aromatic rings. The number of ether oxygens (including phenoxy) is 1. The summed E-state index contributed by atoms with van der Waals surface area (Å²) in [5.41, 5.74) is -3.28. The van der Waals surface area contributed by atoms with E-state index >= 15 is 0 Å². The van der Waals surface area contributed by atoms with E-state index in [4.69, 9.17) is 18.3 Å². The number of nitrogens with zero attached hydrogens (tertiary/aromatic N) is 3. The highest BCUT2D eigenvalue weighted by molar-refractivity contribution is 7.48. The number of aliphatic hydroxyl groups excluding tert-OH is 1. The third-order valence-electron chi connectivity index (χ3n) is 8.12. The Kier molecular flexibility index (Phi) is 14.4. The van der Waals surface area contributed by atoms with Crippen LogP contribution in [0.4, 0.5) is 23.8 Å². The smallest absolute Gasteiger partial charge is 0.462 e. The summed E-state index contributed by atoms with van der Waals surface area (Å²) in [5, 5.41) is 16.6. The van der Waals surface area contributed by atoms with Gasteiger partial charge in [0.15, 0.2) is 5.69 Å². The van der Waals surface area contributed by atoms with Crippen molar-refractivity contribution >= 4 is 47.9 Å². The van der Waals surface area contributed by atoms with Gasteiger partial charge in [0.2, 0.25) is 5.43 Å². The third kappa shape index (κ3) is 12.2. The minimum Gasteiger partial charge on any atom is -0.462 e. The van der Waals surface area contributed by atoms with Gasteiger partial charge in [0.25, 0.3) is 0 Å². The number of carbonyl (C=O) groups is 2. The highest BCUT2D eigenvalue weighted by Gasteiger charge is 2.37. The van der Waals surface area contributed by atoms with Crippen LogP contribution in [0.25, 0.3) is 32.6 Å². The van der Waals surface area contributed by atoms with E-state index in [1.54, 1.807) is 65.2 Å². The number of pyridine rings is 2. The van der Waals surface area contributed by atoms with Crippen molar-refractivity contribution in [2.75, 3.05) is 31.7 Å². The second-order valence-electron chi connectivity index (χ2n) is 16.4. The van der Waals surface area contributed by atoms with Gasteiger partial charge in [-0.15, -0.1) is 11.3 Å². The Morgan fingerprint density at radius 1 is 0.983 bits per heavy atom. The topological polar surface area (TPSA) is 180 Å². The van der Waals surface area contributed by atoms with Crippen molar-refractivity contribution in [2.24, 2.45) is 5.41 Å². The fraction of sp³-hybridized carbons (Fsp3) is 0.513. The number of anilines is 1. The first-order valence-corrected chi connectivity index (χ1v) is 20.8. The zero-order chi connectivity index (χ0) is 43.4. The number of amides is 2. The SMILES string of the molecule is CCNC(=O)Nc1cc(-c2nc(C(F)(F)F)cs2)c(-c2ccc3c(c2)c(=O)c(C(=O)OCCCOP(=O)(OC(C)(C)C)OC(C)(C)C)cn3C(CO)C(C)(C)C)cn1. The monoisotopic (exact) mass is 853 g/mol. The number of carbonyl (C=O) groups excluding carboxylic acids is 2. The lowest BCUT2D eigenvalue weighted by Gasteiger charge is -2.33. The summed E-state index contributed by atoms with van der Waals surface area (Å²) in [4.78, 5) is 48.2. The van der Waals surface area contributed by atoms with E-state index in [1.165, 1.54) is 24.5 Å². The molecule has 0 radical (unpaired) electrons. The number of alkyl halides is 3. The Labute approximate surface area is 339 Å². The van der Waals surface area contributed by atoms with Crippen molar-refractivity contribution in [2.45, 2.75) is 99.1 Å². The van der Waals surface area contributed by atoms with E-state index in [2.05, 4.69) is 20.6 Å². The summed E-state index contributed by atoms with van der Waals surface area (Å²) in [6.07, 6.45) is -1.97. The van der Waals surface area contributed by atoms with Crippen molar-refractivity contribution in [3.63, 3.8) is 0 Å². The minimum absolute atomic E-state index is 0.0261. The van der Waals surface area contributed by atoms with Gasteiger partial charge in [0.05, 0.1) is 42.6 Å². The molecule has 0 aliphatic heterocycles. The number of halogens is 3. The number of benzene rings is 1. The third-order valence-corrected chi connectivity index (χ3v) is 11.0. The standard InChI is InChI=1S/C39H51F3N5O9PS/c1-11-43-35(51)46-31-18-24(33-45-29(22-58-33)39(40,41)42)26(19-44-31)23-13-14-28-25(17-23)32(49)27(20-47(28)30(21-48)36(2,3)4)34(50)53-15-12-16-54-57(52,55-37(5,6)7)56-38(8,9)10/h13-14,17-20,22,30,48H,11-12,15-16,21H2,1-10H3,(H2,43,44,46,51). The van der Waals surface area contributed by atoms with E-state index in [0.29, 0.717) is 17.6 Å². The summed E-state index contributed by atoms with van der Waals surface area (Å²) in [6, 6.07) is 4.90. The summed E-state index contributed by atoms with van der Waals surface area (Å²) in [5.74, 6) is -0.934. The van der Waals surface area contributed by atoms with Gasteiger partial charge in [0, 0.05) is 47.3 Å². The fourth-order valence-electron chi connectivity index (χ4n) is 5.70. The molecule has 3 heterocycles. The number of phosphoric acid groups is 1. The molecule has 2 amide bonds. The molecule has 58 heavy (non-hydrogen) atoms. The van der Waals surface area contributed by atoms with Crippen molar-refractivity contribution in [3.05, 3.63) is 63.5 Å². The molecule has 1 atom stereocenters. The van der Waals surface area contributed by atoms with Crippen LogP contribution in [-0.4, -0.2) is 69.2 Å². The average molecular weight is 854 g/mol. The lowest BCUT2D eigenvalue weighted by atomic mass is 9.86. The van der Waals surface area contributed by atoms with Gasteiger partial charge in [-0.2, -0.15) is 13.2 Å². The van der Waals surface area contributed by atoms with Gasteiger partial charge in [-0.05, 0) is 77.6 Å². The fourth-order valence-corrected chi connectivity index (χ4v) is 8.40. The van der Waals surface area contributed by atoms with Crippen molar-refractivity contribution in [3.8, 4) is 21.7 Å². The molecule has 3 aromatic heterocycles. The number of esters is 1. The van der Waals surface area contributed by atoms with E-state index < -0.39 is 59.8 Å². The van der Waals surface area contributed by atoms with Crippen LogP contribution in [0, 0.1) is 5.41 Å². The lowest BCUT2D eigenvalue weighted by molar-refractivity contribution is -0.140. The number of fused-ring (bicyclic) bond motifs is 1. The zero-order valence-electron chi connectivity index (χ0n) is 34.2. The Morgan fingerprint density at radius 2 is 1.64 bits per heavy atom. The number of nitrogens with one attached hydrogen (secondary N) is 2. The van der Waals surface area contributed by atoms with Crippen LogP contribution in [0.2, 0.25) is 0 Å². The van der Waals surface area contributed by atoms with Gasteiger partial charge in [-0.1, -0.05) is 26.8 Å². The molecule has 3 N–H and O–H groups in total. The minimum atomic E-state index is -4.71. The number of aliphatic hydroxyl groups is 1. The Morgan fingerprint density at radius 3 is 2.19 bits per heavy atom. The number of phosphoric ester groups is 1. The lowest BCUT2D eigenvalue weighted by Crippen LogP contribution is -2.31. The Bertz CT molecular complexity index is 2200. The Balaban J connectivity index is 1.76. The molecule has 318 valence electrons. The zero-order valence-corrected chi connectivity index (χ0v) is 35.9. The molecule has 0 fully saturated rings. The number of hydrogen-bond acceptors (Lipinski definition) is 12. The van der Waals surface area contributed by atoms with Gasteiger partial charge in [-0.25, -0.2) is 24.1 Å². The quantitative estimate of drug-likeness (QED) is 0.0625. The number of hydrogen-bond donors (Lipinski definition) is 3. The second kappa shape index (κ2) is 18.0. The predicted octanol–water partition coefficient (Wildman–Crippen LogP) is 9.23. The summed E-state index contributed by atoms with van der Waals surface area (Å²) >= 11 is 0.738. The van der Waals surface area contributed by atoms with Crippen LogP contribution in [0.5, 0.6) is 0 Å². The number of aromatic nitrogens is 3. The second-order valence-corrected chi connectivity index (χ2v) is 18.8. The number of rotatable bonds is 14. The van der Waals surface area contributed by atoms with Gasteiger partial charge >= 0.3 is 26.0 Å². The van der Waals surface area contributed by atoms with Gasteiger partial charge < -0.3 is 19.7 Å². The first-order chi connectivity index (χ1) is 26.7. The van der Waals surface area contributed by atoms with Crippen molar-refractivity contribution in [1.29, 1.82) is 0 Å². The molecule has 0 bridgehead atoms. The number of urea groups is 1. The Hall–Kier alpha value is -4.19. The first-order valence-electron chi connectivity index (χ1n) is 18.5. The molecule has 14 nitrogen and oxygen atoms in total. The van der Waals surface area contributed by atoms with Crippen LogP contribution in [0.15, 0.2) is 46.8 Å². The highest BCUT2D eigenvalue weighted by Crippen LogP contribution is 2.55. The average Bonchev–Trinajstić information content (AvgIpc) is 3.58. The maximum atomic E-state index is 14.2. The molecule has 4 rings (SSSR count). The molecule has 1 aromatic carbocycles. The van der Waals surface area contributed by atoms with E-state index in [1.807, 2.05) is 20.8 Å². The highest BCUT2D eigenvalue weighted by atomic mass is 32.1. The van der Waals surface area contributed by atoms with Gasteiger partial charge in [-0.3, -0.25) is 23.7 Å². The molecular formula is C39H51F3N5O9PS. The van der Waals surface area contributed by atoms with E-state index in [-0.39, 0.29) is 59.1 Å². The van der Waals surface area contributed by atoms with Crippen molar-refractivity contribution in [1.82, 2.24) is 19.9 Å². The molecular weight excluding hydrogens is 802 g/mol. The molecule has 19 heteroatoms. The van der Waals surface area contributed by atoms with Crippen LogP contribution < -0.4 is 16.1 Å². The molecule has 0 saturated carbocycles. The molecule has 1 unspecified atom stereocenters.